The average molecular weight is 229 g/mol. The summed E-state index contributed by atoms with van der Waals surface area (Å²) in [6, 6.07) is 3.77. The lowest BCUT2D eigenvalue weighted by Gasteiger charge is -2.03. The molecule has 0 aliphatic rings. The van der Waals surface area contributed by atoms with Gasteiger partial charge in [-0.15, -0.1) is 0 Å². The van der Waals surface area contributed by atoms with E-state index in [4.69, 9.17) is 4.42 Å². The summed E-state index contributed by atoms with van der Waals surface area (Å²) < 4.78 is 6.96. The Morgan fingerprint density at radius 3 is 3.18 bits per heavy atom. The molecule has 6 heteroatoms. The van der Waals surface area contributed by atoms with Crippen LogP contribution in [0.1, 0.15) is 5.76 Å². The van der Waals surface area contributed by atoms with Crippen LogP contribution in [-0.4, -0.2) is 19.7 Å². The fourth-order valence-corrected chi connectivity index (χ4v) is 1.69. The SMILES string of the molecule is Cn1ncc2c(NCc3ccco3)ncnc21. The smallest absolute Gasteiger partial charge is 0.163 e. The minimum Gasteiger partial charge on any atom is -0.467 e. The van der Waals surface area contributed by atoms with E-state index in [1.807, 2.05) is 19.2 Å². The second-order valence-corrected chi connectivity index (χ2v) is 3.66. The van der Waals surface area contributed by atoms with Gasteiger partial charge >= 0.3 is 0 Å². The summed E-state index contributed by atoms with van der Waals surface area (Å²) in [5, 5.41) is 8.26. The van der Waals surface area contributed by atoms with Gasteiger partial charge in [0.05, 0.1) is 24.4 Å². The lowest BCUT2D eigenvalue weighted by molar-refractivity contribution is 0.518. The standard InChI is InChI=1S/C11H11N5O/c1-16-11-9(6-15-16)10(13-7-14-11)12-5-8-3-2-4-17-8/h2-4,6-7H,5H2,1H3,(H,12,13,14). The number of nitrogens with zero attached hydrogens (tertiary/aromatic N) is 4. The van der Waals surface area contributed by atoms with Gasteiger partial charge in [-0.05, 0) is 12.1 Å². The zero-order valence-corrected chi connectivity index (χ0v) is 9.29. The molecule has 3 aromatic heterocycles. The Morgan fingerprint density at radius 2 is 2.35 bits per heavy atom. The van der Waals surface area contributed by atoms with Crippen molar-refractivity contribution in [3.63, 3.8) is 0 Å². The van der Waals surface area contributed by atoms with Crippen molar-refractivity contribution in [3.8, 4) is 0 Å². The normalized spacial score (nSPS) is 10.9. The lowest BCUT2D eigenvalue weighted by Crippen LogP contribution is -2.01. The molecule has 1 N–H and O–H groups in total. The molecule has 0 unspecified atom stereocenters. The van der Waals surface area contributed by atoms with Gasteiger partial charge in [0.1, 0.15) is 17.9 Å². The fraction of sp³-hybridized carbons (Fsp3) is 0.182. The Hall–Kier alpha value is -2.37. The van der Waals surface area contributed by atoms with E-state index >= 15 is 0 Å². The third kappa shape index (κ3) is 1.73. The quantitative estimate of drug-likeness (QED) is 0.738. The van der Waals surface area contributed by atoms with E-state index < -0.39 is 0 Å². The van der Waals surface area contributed by atoms with Crippen LogP contribution in [0, 0.1) is 0 Å². The zero-order valence-electron chi connectivity index (χ0n) is 9.29. The minimum atomic E-state index is 0.591. The molecule has 0 saturated carbocycles. The molecular weight excluding hydrogens is 218 g/mol. The van der Waals surface area contributed by atoms with Gasteiger partial charge in [-0.25, -0.2) is 9.97 Å². The van der Waals surface area contributed by atoms with Gasteiger partial charge in [0.2, 0.25) is 0 Å². The molecule has 0 amide bonds. The summed E-state index contributed by atoms with van der Waals surface area (Å²) in [6.07, 6.45) is 4.92. The van der Waals surface area contributed by atoms with Crippen molar-refractivity contribution >= 4 is 16.9 Å². The highest BCUT2D eigenvalue weighted by Gasteiger charge is 2.07. The number of anilines is 1. The summed E-state index contributed by atoms with van der Waals surface area (Å²) in [7, 11) is 1.85. The van der Waals surface area contributed by atoms with E-state index in [1.165, 1.54) is 6.33 Å². The number of hydrogen-bond acceptors (Lipinski definition) is 5. The van der Waals surface area contributed by atoms with Crippen LogP contribution in [0.25, 0.3) is 11.0 Å². The van der Waals surface area contributed by atoms with Gasteiger partial charge in [0.15, 0.2) is 5.65 Å². The number of fused-ring (bicyclic) bond motifs is 1. The van der Waals surface area contributed by atoms with Crippen molar-refractivity contribution in [1.82, 2.24) is 19.7 Å². The van der Waals surface area contributed by atoms with Crippen molar-refractivity contribution in [2.75, 3.05) is 5.32 Å². The first-order valence-corrected chi connectivity index (χ1v) is 5.23. The number of nitrogens with one attached hydrogen (secondary N) is 1. The Balaban J connectivity index is 1.90. The molecule has 0 bridgehead atoms. The summed E-state index contributed by atoms with van der Waals surface area (Å²) >= 11 is 0. The first-order valence-electron chi connectivity index (χ1n) is 5.23. The Labute approximate surface area is 97.3 Å². The van der Waals surface area contributed by atoms with Crippen LogP contribution in [0.15, 0.2) is 35.3 Å². The van der Waals surface area contributed by atoms with Crippen molar-refractivity contribution < 1.29 is 4.42 Å². The van der Waals surface area contributed by atoms with Gasteiger partial charge in [-0.1, -0.05) is 0 Å². The zero-order chi connectivity index (χ0) is 11.7. The number of aryl methyl sites for hydroxylation is 1. The van der Waals surface area contributed by atoms with Gasteiger partial charge in [-0.2, -0.15) is 5.10 Å². The largest absolute Gasteiger partial charge is 0.467 e. The summed E-state index contributed by atoms with van der Waals surface area (Å²) in [5.74, 6) is 1.63. The first-order chi connectivity index (χ1) is 8.34. The second-order valence-electron chi connectivity index (χ2n) is 3.66. The Kier molecular flexibility index (Phi) is 2.25. The number of hydrogen-bond donors (Lipinski definition) is 1. The average Bonchev–Trinajstić information content (AvgIpc) is 2.97. The van der Waals surface area contributed by atoms with Crippen molar-refractivity contribution in [2.24, 2.45) is 7.05 Å². The first kappa shape index (κ1) is 9.83. The van der Waals surface area contributed by atoms with Gasteiger partial charge < -0.3 is 9.73 Å². The van der Waals surface area contributed by atoms with Crippen LogP contribution < -0.4 is 5.32 Å². The maximum Gasteiger partial charge on any atom is 0.163 e. The molecule has 0 saturated heterocycles. The molecule has 0 radical (unpaired) electrons. The molecule has 17 heavy (non-hydrogen) atoms. The van der Waals surface area contributed by atoms with Gasteiger partial charge in [0.25, 0.3) is 0 Å². The minimum absolute atomic E-state index is 0.591. The van der Waals surface area contributed by atoms with Crippen LogP contribution in [-0.2, 0) is 13.6 Å². The highest BCUT2D eigenvalue weighted by molar-refractivity contribution is 5.85. The van der Waals surface area contributed by atoms with E-state index in [0.29, 0.717) is 6.54 Å². The molecule has 3 rings (SSSR count). The van der Waals surface area contributed by atoms with E-state index in [2.05, 4.69) is 20.4 Å². The van der Waals surface area contributed by atoms with Crippen LogP contribution in [0.2, 0.25) is 0 Å². The lowest BCUT2D eigenvalue weighted by atomic mass is 10.3. The predicted octanol–water partition coefficient (Wildman–Crippen LogP) is 1.57. The molecule has 86 valence electrons. The fourth-order valence-electron chi connectivity index (χ4n) is 1.69. The third-order valence-corrected chi connectivity index (χ3v) is 2.54. The number of aromatic nitrogens is 4. The summed E-state index contributed by atoms with van der Waals surface area (Å²) in [6.45, 7) is 0.591. The predicted molar refractivity (Wildman–Crippen MR) is 62.3 cm³/mol. The molecule has 6 nitrogen and oxygen atoms in total. The van der Waals surface area contributed by atoms with E-state index in [0.717, 1.165) is 22.6 Å². The third-order valence-electron chi connectivity index (χ3n) is 2.54. The second kappa shape index (κ2) is 3.89. The van der Waals surface area contributed by atoms with Crippen LogP contribution in [0.4, 0.5) is 5.82 Å². The highest BCUT2D eigenvalue weighted by Crippen LogP contribution is 2.18. The van der Waals surface area contributed by atoms with Crippen molar-refractivity contribution in [3.05, 3.63) is 36.7 Å². The number of rotatable bonds is 3. The van der Waals surface area contributed by atoms with Crippen molar-refractivity contribution in [1.29, 1.82) is 0 Å². The van der Waals surface area contributed by atoms with Crippen LogP contribution >= 0.6 is 0 Å². The van der Waals surface area contributed by atoms with Crippen LogP contribution in [0.5, 0.6) is 0 Å². The van der Waals surface area contributed by atoms with E-state index in [-0.39, 0.29) is 0 Å². The summed E-state index contributed by atoms with van der Waals surface area (Å²) in [5.41, 5.74) is 0.807. The Morgan fingerprint density at radius 1 is 1.41 bits per heavy atom. The van der Waals surface area contributed by atoms with E-state index in [1.54, 1.807) is 17.1 Å². The molecule has 0 aliphatic heterocycles. The maximum absolute atomic E-state index is 5.25. The monoisotopic (exact) mass is 229 g/mol. The van der Waals surface area contributed by atoms with Crippen molar-refractivity contribution in [2.45, 2.75) is 6.54 Å². The number of furan rings is 1. The van der Waals surface area contributed by atoms with Crippen LogP contribution in [0.3, 0.4) is 0 Å². The summed E-state index contributed by atoms with van der Waals surface area (Å²) in [4.78, 5) is 8.37. The topological polar surface area (TPSA) is 68.8 Å². The molecule has 3 heterocycles. The molecular formula is C11H11N5O. The molecule has 0 aliphatic carbocycles. The van der Waals surface area contributed by atoms with Gasteiger partial charge in [-0.3, -0.25) is 4.68 Å². The molecule has 0 fully saturated rings. The van der Waals surface area contributed by atoms with E-state index in [9.17, 15) is 0 Å². The molecule has 0 atom stereocenters. The molecule has 0 aromatic carbocycles. The molecule has 3 aromatic rings. The van der Waals surface area contributed by atoms with Gasteiger partial charge in [0, 0.05) is 7.05 Å². The molecule has 0 spiro atoms. The highest BCUT2D eigenvalue weighted by atomic mass is 16.3. The maximum atomic E-state index is 5.25. The Bertz CT molecular complexity index is 628.